The molecule has 0 unspecified atom stereocenters. The number of fused-ring (bicyclic) bond motifs is 1. The number of benzene rings is 1. The first-order chi connectivity index (χ1) is 11.0. The third-order valence-corrected chi connectivity index (χ3v) is 4.76. The van der Waals surface area contributed by atoms with Crippen molar-refractivity contribution in [1.29, 1.82) is 0 Å². The van der Waals surface area contributed by atoms with E-state index in [1.54, 1.807) is 0 Å². The molecule has 0 aliphatic heterocycles. The number of H-pyrrole nitrogens is 2. The molecule has 10 heteroatoms. The summed E-state index contributed by atoms with van der Waals surface area (Å²) >= 11 is 4.92. The Bertz CT molecular complexity index is 983. The predicted octanol–water partition coefficient (Wildman–Crippen LogP) is 3.92. The van der Waals surface area contributed by atoms with Gasteiger partial charge >= 0.3 is 6.18 Å². The molecule has 5 nitrogen and oxygen atoms in total. The van der Waals surface area contributed by atoms with Gasteiger partial charge in [0.2, 0.25) is 0 Å². The summed E-state index contributed by atoms with van der Waals surface area (Å²) in [4.78, 5) is 5.51. The highest BCUT2D eigenvalue weighted by molar-refractivity contribution is 7.89. The number of allylic oxidation sites excluding steroid dienone is 3. The lowest BCUT2D eigenvalue weighted by Gasteiger charge is -2.11. The van der Waals surface area contributed by atoms with Gasteiger partial charge in [-0.3, -0.25) is 4.72 Å². The van der Waals surface area contributed by atoms with Crippen molar-refractivity contribution in [3.63, 3.8) is 0 Å². The summed E-state index contributed by atoms with van der Waals surface area (Å²) in [6.45, 7) is 2.30. The molecule has 0 saturated heterocycles. The molecule has 0 radical (unpaired) electrons. The number of hydrogen-bond donors (Lipinski definition) is 3. The van der Waals surface area contributed by atoms with Crippen molar-refractivity contribution in [1.82, 2.24) is 14.7 Å². The maximum Gasteiger partial charge on any atom is 0.412 e. The maximum absolute atomic E-state index is 12.6. The number of nitrogens with one attached hydrogen (secondary N) is 3. The van der Waals surface area contributed by atoms with Crippen molar-refractivity contribution in [2.75, 3.05) is 0 Å². The van der Waals surface area contributed by atoms with Gasteiger partial charge in [-0.2, -0.15) is 13.2 Å². The summed E-state index contributed by atoms with van der Waals surface area (Å²) < 4.78 is 65.0. The van der Waals surface area contributed by atoms with Gasteiger partial charge in [-0.15, -0.1) is 0 Å². The van der Waals surface area contributed by atoms with Gasteiger partial charge in [-0.25, -0.2) is 8.42 Å². The normalized spacial score (nSPS) is 14.2. The highest BCUT2D eigenvalue weighted by atomic mass is 32.2. The first kappa shape index (κ1) is 18.3. The highest BCUT2D eigenvalue weighted by Gasteiger charge is 2.30. The SMILES string of the molecule is C/C=C(\C=C(/C)C(F)(F)F)NS(=O)(=O)c1ccc2[nH]c(=S)[nH]c2c1. The van der Waals surface area contributed by atoms with Crippen molar-refractivity contribution in [2.45, 2.75) is 24.9 Å². The van der Waals surface area contributed by atoms with Crippen LogP contribution in [0.3, 0.4) is 0 Å². The maximum atomic E-state index is 12.6. The minimum atomic E-state index is -4.53. The molecule has 1 aromatic carbocycles. The van der Waals surface area contributed by atoms with Crippen molar-refractivity contribution in [3.8, 4) is 0 Å². The van der Waals surface area contributed by atoms with E-state index in [4.69, 9.17) is 12.2 Å². The molecule has 0 saturated carbocycles. The van der Waals surface area contributed by atoms with Gasteiger partial charge in [0.05, 0.1) is 15.9 Å². The lowest BCUT2D eigenvalue weighted by molar-refractivity contribution is -0.0913. The molecule has 2 rings (SSSR count). The molecule has 0 bridgehead atoms. The van der Waals surface area contributed by atoms with E-state index >= 15 is 0 Å². The summed E-state index contributed by atoms with van der Waals surface area (Å²) in [5, 5.41) is 0. The van der Waals surface area contributed by atoms with Crippen LogP contribution in [-0.2, 0) is 10.0 Å². The van der Waals surface area contributed by atoms with Crippen molar-refractivity contribution >= 4 is 33.3 Å². The lowest BCUT2D eigenvalue weighted by Crippen LogP contribution is -2.23. The Kier molecular flexibility index (Phi) is 4.90. The van der Waals surface area contributed by atoms with Gasteiger partial charge in [0.15, 0.2) is 4.77 Å². The molecule has 3 N–H and O–H groups in total. The van der Waals surface area contributed by atoms with E-state index in [2.05, 4.69) is 14.7 Å². The molecule has 0 aliphatic carbocycles. The largest absolute Gasteiger partial charge is 0.412 e. The van der Waals surface area contributed by atoms with Gasteiger partial charge in [0, 0.05) is 11.3 Å². The van der Waals surface area contributed by atoms with Gasteiger partial charge in [0.1, 0.15) is 0 Å². The fourth-order valence-corrected chi connectivity index (χ4v) is 3.22. The quantitative estimate of drug-likeness (QED) is 0.558. The fourth-order valence-electron chi connectivity index (χ4n) is 1.88. The molecule has 130 valence electrons. The molecular weight excluding hydrogens is 363 g/mol. The Morgan fingerprint density at radius 3 is 2.46 bits per heavy atom. The number of sulfonamides is 1. The van der Waals surface area contributed by atoms with Crippen LogP contribution in [0.15, 0.2) is 46.5 Å². The van der Waals surface area contributed by atoms with Gasteiger partial charge in [0.25, 0.3) is 10.0 Å². The molecule has 0 aliphatic rings. The summed E-state index contributed by atoms with van der Waals surface area (Å²) in [5.74, 6) is 0. The number of halogens is 3. The number of rotatable bonds is 4. The molecule has 0 atom stereocenters. The highest BCUT2D eigenvalue weighted by Crippen LogP contribution is 2.26. The van der Waals surface area contributed by atoms with Crippen LogP contribution in [0.5, 0.6) is 0 Å². The molecule has 0 amide bonds. The van der Waals surface area contributed by atoms with Crippen LogP contribution >= 0.6 is 12.2 Å². The topological polar surface area (TPSA) is 77.8 Å². The Hall–Kier alpha value is -2.07. The summed E-state index contributed by atoms with van der Waals surface area (Å²) in [6, 6.07) is 4.19. The lowest BCUT2D eigenvalue weighted by atomic mass is 10.2. The standard InChI is InChI=1S/C14H14F3N3O2S2/c1-3-9(6-8(2)14(15,16)17)20-24(21,22)10-4-5-11-12(7-10)19-13(23)18-11/h3-7,20H,1-2H3,(H2,18,19,23)/b8-6+,9-3+. The average molecular weight is 377 g/mol. The van der Waals surface area contributed by atoms with Crippen LogP contribution in [0.4, 0.5) is 13.2 Å². The summed E-state index contributed by atoms with van der Waals surface area (Å²) in [7, 11) is -4.04. The molecule has 1 aromatic heterocycles. The van der Waals surface area contributed by atoms with Gasteiger partial charge in [-0.1, -0.05) is 6.08 Å². The third-order valence-electron chi connectivity index (χ3n) is 3.18. The Balaban J connectivity index is 2.36. The van der Waals surface area contributed by atoms with E-state index in [0.717, 1.165) is 13.0 Å². The fraction of sp³-hybridized carbons (Fsp3) is 0.214. The summed E-state index contributed by atoms with van der Waals surface area (Å²) in [6.07, 6.45) is -2.55. The molecule has 1 heterocycles. The van der Waals surface area contributed by atoms with Crippen molar-refractivity contribution in [2.24, 2.45) is 0 Å². The predicted molar refractivity (Wildman–Crippen MR) is 87.4 cm³/mol. The Morgan fingerprint density at radius 1 is 1.25 bits per heavy atom. The zero-order valence-corrected chi connectivity index (χ0v) is 14.3. The minimum Gasteiger partial charge on any atom is -0.331 e. The van der Waals surface area contributed by atoms with Crippen LogP contribution in [-0.4, -0.2) is 24.6 Å². The van der Waals surface area contributed by atoms with E-state index in [0.29, 0.717) is 15.8 Å². The van der Waals surface area contributed by atoms with Gasteiger partial charge < -0.3 is 9.97 Å². The number of hydrogen-bond acceptors (Lipinski definition) is 3. The zero-order chi connectivity index (χ0) is 18.1. The van der Waals surface area contributed by atoms with E-state index in [1.165, 1.54) is 31.2 Å². The third kappa shape index (κ3) is 4.06. The first-order valence-corrected chi connectivity index (χ1v) is 8.59. The average Bonchev–Trinajstić information content (AvgIpc) is 2.84. The van der Waals surface area contributed by atoms with Crippen LogP contribution in [0.2, 0.25) is 0 Å². The van der Waals surface area contributed by atoms with E-state index in [1.807, 2.05) is 0 Å². The monoisotopic (exact) mass is 377 g/mol. The van der Waals surface area contributed by atoms with Crippen LogP contribution in [0, 0.1) is 4.77 Å². The number of aromatic nitrogens is 2. The zero-order valence-electron chi connectivity index (χ0n) is 12.7. The first-order valence-electron chi connectivity index (χ1n) is 6.69. The van der Waals surface area contributed by atoms with Crippen LogP contribution in [0.25, 0.3) is 11.0 Å². The molecule has 2 aromatic rings. The van der Waals surface area contributed by atoms with Crippen molar-refractivity contribution < 1.29 is 21.6 Å². The molecule has 0 spiro atoms. The number of imidazole rings is 1. The number of aromatic amines is 2. The van der Waals surface area contributed by atoms with Crippen molar-refractivity contribution in [3.05, 3.63) is 46.4 Å². The molecule has 0 fully saturated rings. The van der Waals surface area contributed by atoms with Crippen LogP contribution < -0.4 is 4.72 Å². The van der Waals surface area contributed by atoms with Crippen LogP contribution in [0.1, 0.15) is 13.8 Å². The minimum absolute atomic E-state index is 0.0994. The van der Waals surface area contributed by atoms with E-state index in [-0.39, 0.29) is 10.6 Å². The van der Waals surface area contributed by atoms with E-state index in [9.17, 15) is 21.6 Å². The Morgan fingerprint density at radius 2 is 1.88 bits per heavy atom. The second-order valence-corrected chi connectivity index (χ2v) is 7.05. The second kappa shape index (κ2) is 6.44. The molecular formula is C14H14F3N3O2S2. The second-order valence-electron chi connectivity index (χ2n) is 4.96. The summed E-state index contributed by atoms with van der Waals surface area (Å²) in [5.41, 5.74) is 0.0142. The Labute approximate surface area is 141 Å². The number of alkyl halides is 3. The smallest absolute Gasteiger partial charge is 0.331 e. The van der Waals surface area contributed by atoms with Gasteiger partial charge in [-0.05, 0) is 50.3 Å². The molecule has 24 heavy (non-hydrogen) atoms. The van der Waals surface area contributed by atoms with E-state index < -0.39 is 21.8 Å².